The molecule has 1 aromatic heterocycles. The highest BCUT2D eigenvalue weighted by Gasteiger charge is 1.89. The largest absolute Gasteiger partial charge is 0.237 e. The molecule has 0 aliphatic heterocycles. The van der Waals surface area contributed by atoms with Crippen molar-refractivity contribution in [2.45, 2.75) is 6.42 Å². The summed E-state index contributed by atoms with van der Waals surface area (Å²) in [5, 5.41) is 15.3. The lowest BCUT2D eigenvalue weighted by atomic mass is 10.4. The van der Waals surface area contributed by atoms with Crippen LogP contribution >= 0.6 is 0 Å². The lowest BCUT2D eigenvalue weighted by molar-refractivity contribution is 0.878. The number of rotatable bonds is 1. The third-order valence-electron chi connectivity index (χ3n) is 0.767. The Labute approximate surface area is 52.2 Å². The van der Waals surface area contributed by atoms with E-state index in [9.17, 15) is 0 Å². The summed E-state index contributed by atoms with van der Waals surface area (Å²) < 4.78 is 0. The zero-order valence-electron chi connectivity index (χ0n) is 4.65. The quantitative estimate of drug-likeness (QED) is 0.520. The Kier molecular flexibility index (Phi) is 1.70. The monoisotopic (exact) mass is 120 g/mol. The second kappa shape index (κ2) is 2.72. The van der Waals surface area contributed by atoms with E-state index in [1.165, 1.54) is 12.4 Å². The maximum atomic E-state index is 8.16. The molecule has 44 valence electrons. The standard InChI is InChI=1S/C5H4N4/c6-2-1-5-7-3-4-8-9-5/h3-4H,1H2. The van der Waals surface area contributed by atoms with Crippen molar-refractivity contribution in [1.29, 1.82) is 5.26 Å². The van der Waals surface area contributed by atoms with Crippen LogP contribution in [0.25, 0.3) is 0 Å². The highest BCUT2D eigenvalue weighted by molar-refractivity contribution is 4.91. The van der Waals surface area contributed by atoms with E-state index in [0.29, 0.717) is 5.82 Å². The van der Waals surface area contributed by atoms with E-state index in [4.69, 9.17) is 5.26 Å². The summed E-state index contributed by atoms with van der Waals surface area (Å²) in [6.07, 6.45) is 3.22. The molecule has 0 aromatic carbocycles. The second-order valence-corrected chi connectivity index (χ2v) is 1.39. The van der Waals surface area contributed by atoms with Crippen molar-refractivity contribution < 1.29 is 0 Å². The normalized spacial score (nSPS) is 8.33. The third kappa shape index (κ3) is 1.46. The van der Waals surface area contributed by atoms with Crippen LogP contribution in [0.3, 0.4) is 0 Å². The van der Waals surface area contributed by atoms with E-state index in [0.717, 1.165) is 0 Å². The van der Waals surface area contributed by atoms with Gasteiger partial charge in [-0.15, -0.1) is 5.10 Å². The van der Waals surface area contributed by atoms with E-state index in [-0.39, 0.29) is 6.42 Å². The molecule has 0 radical (unpaired) electrons. The highest BCUT2D eigenvalue weighted by Crippen LogP contribution is 1.82. The van der Waals surface area contributed by atoms with Gasteiger partial charge in [-0.3, -0.25) is 0 Å². The average molecular weight is 120 g/mol. The van der Waals surface area contributed by atoms with Crippen LogP contribution in [-0.4, -0.2) is 15.2 Å². The number of hydrogen-bond donors (Lipinski definition) is 0. The first-order valence-corrected chi connectivity index (χ1v) is 2.43. The van der Waals surface area contributed by atoms with Crippen LogP contribution in [0.4, 0.5) is 0 Å². The first kappa shape index (κ1) is 5.63. The van der Waals surface area contributed by atoms with Crippen molar-refractivity contribution in [3.8, 4) is 6.07 Å². The molecule has 0 amide bonds. The second-order valence-electron chi connectivity index (χ2n) is 1.39. The Morgan fingerprint density at radius 1 is 1.56 bits per heavy atom. The zero-order valence-corrected chi connectivity index (χ0v) is 4.65. The Morgan fingerprint density at radius 3 is 3.00 bits per heavy atom. The first-order chi connectivity index (χ1) is 4.43. The van der Waals surface area contributed by atoms with Crippen molar-refractivity contribution in [3.05, 3.63) is 18.2 Å². The predicted molar refractivity (Wildman–Crippen MR) is 29.1 cm³/mol. The molecule has 0 saturated carbocycles. The van der Waals surface area contributed by atoms with E-state index in [1.54, 1.807) is 0 Å². The lowest BCUT2D eigenvalue weighted by Gasteiger charge is -1.84. The van der Waals surface area contributed by atoms with Crippen LogP contribution < -0.4 is 0 Å². The molecule has 9 heavy (non-hydrogen) atoms. The van der Waals surface area contributed by atoms with Crippen molar-refractivity contribution in [1.82, 2.24) is 15.2 Å². The Morgan fingerprint density at radius 2 is 2.44 bits per heavy atom. The molecule has 4 heteroatoms. The Hall–Kier alpha value is -1.50. The topological polar surface area (TPSA) is 62.5 Å². The summed E-state index contributed by atoms with van der Waals surface area (Å²) in [4.78, 5) is 3.77. The van der Waals surface area contributed by atoms with E-state index in [2.05, 4.69) is 15.2 Å². The molecule has 0 fully saturated rings. The Bertz CT molecular complexity index is 212. The van der Waals surface area contributed by atoms with E-state index < -0.39 is 0 Å². The van der Waals surface area contributed by atoms with Gasteiger partial charge < -0.3 is 0 Å². The lowest BCUT2D eigenvalue weighted by Crippen LogP contribution is -1.92. The van der Waals surface area contributed by atoms with E-state index >= 15 is 0 Å². The summed E-state index contributed by atoms with van der Waals surface area (Å²) in [7, 11) is 0. The summed E-state index contributed by atoms with van der Waals surface area (Å²) in [6, 6.07) is 1.92. The van der Waals surface area contributed by atoms with Crippen LogP contribution in [0.2, 0.25) is 0 Å². The molecule has 4 nitrogen and oxygen atoms in total. The fourth-order valence-electron chi connectivity index (χ4n) is 0.427. The molecular weight excluding hydrogens is 116 g/mol. The van der Waals surface area contributed by atoms with Gasteiger partial charge in [0, 0.05) is 6.20 Å². The summed E-state index contributed by atoms with van der Waals surface area (Å²) >= 11 is 0. The van der Waals surface area contributed by atoms with Crippen molar-refractivity contribution in [2.75, 3.05) is 0 Å². The summed E-state index contributed by atoms with van der Waals surface area (Å²) in [5.41, 5.74) is 0. The summed E-state index contributed by atoms with van der Waals surface area (Å²) in [5.74, 6) is 0.472. The molecular formula is C5H4N4. The van der Waals surface area contributed by atoms with Gasteiger partial charge in [0.15, 0.2) is 5.82 Å². The van der Waals surface area contributed by atoms with Crippen molar-refractivity contribution >= 4 is 0 Å². The van der Waals surface area contributed by atoms with Crippen LogP contribution in [0, 0.1) is 11.3 Å². The minimum atomic E-state index is 0.230. The number of nitrogens with zero attached hydrogens (tertiary/aromatic N) is 4. The molecule has 0 aliphatic carbocycles. The molecule has 0 saturated heterocycles. The van der Waals surface area contributed by atoms with Gasteiger partial charge in [-0.1, -0.05) is 0 Å². The fraction of sp³-hybridized carbons (Fsp3) is 0.200. The van der Waals surface area contributed by atoms with Crippen LogP contribution in [0.15, 0.2) is 12.4 Å². The number of aromatic nitrogens is 3. The molecule has 0 bridgehead atoms. The van der Waals surface area contributed by atoms with E-state index in [1.807, 2.05) is 6.07 Å². The van der Waals surface area contributed by atoms with Crippen LogP contribution in [0.5, 0.6) is 0 Å². The van der Waals surface area contributed by atoms with Gasteiger partial charge in [-0.05, 0) is 0 Å². The predicted octanol–water partition coefficient (Wildman–Crippen LogP) is -0.0623. The van der Waals surface area contributed by atoms with Gasteiger partial charge in [0.05, 0.1) is 18.7 Å². The Balaban J connectivity index is 2.76. The summed E-state index contributed by atoms with van der Waals surface area (Å²) in [6.45, 7) is 0. The van der Waals surface area contributed by atoms with Gasteiger partial charge in [-0.2, -0.15) is 10.4 Å². The maximum absolute atomic E-state index is 8.16. The van der Waals surface area contributed by atoms with Gasteiger partial charge in [-0.25, -0.2) is 4.98 Å². The molecule has 1 heterocycles. The first-order valence-electron chi connectivity index (χ1n) is 2.43. The molecule has 0 aliphatic rings. The van der Waals surface area contributed by atoms with Crippen LogP contribution in [0.1, 0.15) is 5.82 Å². The SMILES string of the molecule is N#CCc1nccnn1. The molecule has 1 aromatic rings. The van der Waals surface area contributed by atoms with Gasteiger partial charge in [0.1, 0.15) is 0 Å². The van der Waals surface area contributed by atoms with Crippen molar-refractivity contribution in [2.24, 2.45) is 0 Å². The minimum Gasteiger partial charge on any atom is -0.237 e. The molecule has 0 N–H and O–H groups in total. The maximum Gasteiger partial charge on any atom is 0.164 e. The molecule has 0 atom stereocenters. The van der Waals surface area contributed by atoms with Gasteiger partial charge in [0.25, 0.3) is 0 Å². The van der Waals surface area contributed by atoms with Gasteiger partial charge in [0.2, 0.25) is 0 Å². The minimum absolute atomic E-state index is 0.230. The molecule has 0 unspecified atom stereocenters. The third-order valence-corrected chi connectivity index (χ3v) is 0.767. The molecule has 1 rings (SSSR count). The van der Waals surface area contributed by atoms with Crippen LogP contribution in [-0.2, 0) is 6.42 Å². The number of nitriles is 1. The smallest absolute Gasteiger partial charge is 0.164 e. The zero-order chi connectivity index (χ0) is 6.53. The highest BCUT2D eigenvalue weighted by atomic mass is 15.1. The number of hydrogen-bond acceptors (Lipinski definition) is 4. The van der Waals surface area contributed by atoms with Gasteiger partial charge >= 0.3 is 0 Å². The van der Waals surface area contributed by atoms with Crippen molar-refractivity contribution in [3.63, 3.8) is 0 Å². The molecule has 0 spiro atoms. The average Bonchev–Trinajstić information content (AvgIpc) is 1.91. The fourth-order valence-corrected chi connectivity index (χ4v) is 0.427.